The normalized spacial score (nSPS) is 31.6. The average molecular weight is 216 g/mol. The third kappa shape index (κ3) is 5.50. The van der Waals surface area contributed by atoms with E-state index in [1.807, 2.05) is 0 Å². The number of hydrogen-bond donors (Lipinski definition) is 0. The minimum absolute atomic E-state index is 0.149. The molecular weight excluding hydrogens is 191 g/mol. The van der Waals surface area contributed by atoms with E-state index in [1.54, 1.807) is 7.11 Å². The van der Waals surface area contributed by atoms with Crippen LogP contribution in [-0.4, -0.2) is 19.4 Å². The Morgan fingerprint density at radius 3 is 1.80 bits per heavy atom. The van der Waals surface area contributed by atoms with Gasteiger partial charge in [0.1, 0.15) is 6.17 Å². The molecule has 15 heavy (non-hydrogen) atoms. The zero-order chi connectivity index (χ0) is 10.9. The fourth-order valence-corrected chi connectivity index (χ4v) is 2.38. The van der Waals surface area contributed by atoms with Crippen LogP contribution in [0.3, 0.4) is 0 Å². The molecule has 1 nitrogen and oxygen atoms in total. The maximum Gasteiger partial charge on any atom is 0.126 e. The molecular formula is C13H25FO. The second-order valence-corrected chi connectivity index (χ2v) is 4.70. The Morgan fingerprint density at radius 1 is 0.800 bits per heavy atom. The summed E-state index contributed by atoms with van der Waals surface area (Å²) in [5, 5.41) is 0. The second kappa shape index (κ2) is 8.09. The predicted octanol–water partition coefficient (Wildman–Crippen LogP) is 4.25. The zero-order valence-corrected chi connectivity index (χ0v) is 10.0. The van der Waals surface area contributed by atoms with E-state index in [0.717, 1.165) is 19.3 Å². The first kappa shape index (κ1) is 13.0. The third-order valence-electron chi connectivity index (χ3n) is 3.42. The monoisotopic (exact) mass is 216 g/mol. The maximum atomic E-state index is 13.7. The van der Waals surface area contributed by atoms with Crippen LogP contribution in [0.2, 0.25) is 0 Å². The summed E-state index contributed by atoms with van der Waals surface area (Å²) in [6, 6.07) is 0. The Morgan fingerprint density at radius 2 is 1.27 bits per heavy atom. The van der Waals surface area contributed by atoms with Crippen LogP contribution >= 0.6 is 0 Å². The van der Waals surface area contributed by atoms with E-state index in [1.165, 1.54) is 38.5 Å². The summed E-state index contributed by atoms with van der Waals surface area (Å²) in [7, 11) is 1.64. The van der Waals surface area contributed by atoms with Gasteiger partial charge in [0.15, 0.2) is 0 Å². The van der Waals surface area contributed by atoms with Crippen LogP contribution < -0.4 is 0 Å². The van der Waals surface area contributed by atoms with Gasteiger partial charge in [-0.15, -0.1) is 0 Å². The van der Waals surface area contributed by atoms with Crippen molar-refractivity contribution in [2.45, 2.75) is 76.5 Å². The number of halogens is 1. The molecule has 0 heterocycles. The lowest BCUT2D eigenvalue weighted by Crippen LogP contribution is -2.24. The Kier molecular flexibility index (Phi) is 6.99. The lowest BCUT2D eigenvalue weighted by molar-refractivity contribution is 0.0201. The van der Waals surface area contributed by atoms with Crippen LogP contribution in [0.15, 0.2) is 0 Å². The molecule has 0 N–H and O–H groups in total. The highest BCUT2D eigenvalue weighted by Gasteiger charge is 2.19. The number of methoxy groups -OCH3 is 1. The van der Waals surface area contributed by atoms with Gasteiger partial charge in [0.05, 0.1) is 6.10 Å². The van der Waals surface area contributed by atoms with Crippen LogP contribution in [0.5, 0.6) is 0 Å². The minimum atomic E-state index is -0.741. The summed E-state index contributed by atoms with van der Waals surface area (Å²) in [5.41, 5.74) is 0. The van der Waals surface area contributed by atoms with Gasteiger partial charge in [-0.05, 0) is 12.8 Å². The minimum Gasteiger partial charge on any atom is -0.378 e. The summed E-state index contributed by atoms with van der Waals surface area (Å²) in [6.45, 7) is 0. The highest BCUT2D eigenvalue weighted by atomic mass is 19.1. The van der Waals surface area contributed by atoms with E-state index in [4.69, 9.17) is 4.74 Å². The molecule has 0 saturated heterocycles. The topological polar surface area (TPSA) is 9.23 Å². The van der Waals surface area contributed by atoms with E-state index in [9.17, 15) is 4.39 Å². The molecule has 0 amide bonds. The van der Waals surface area contributed by atoms with Crippen molar-refractivity contribution in [1.29, 1.82) is 0 Å². The van der Waals surface area contributed by atoms with Crippen molar-refractivity contribution in [3.8, 4) is 0 Å². The van der Waals surface area contributed by atoms with Gasteiger partial charge < -0.3 is 4.74 Å². The molecule has 0 bridgehead atoms. The molecule has 0 radical (unpaired) electrons. The van der Waals surface area contributed by atoms with Crippen molar-refractivity contribution in [2.75, 3.05) is 7.11 Å². The number of hydrogen-bond acceptors (Lipinski definition) is 1. The molecule has 1 fully saturated rings. The van der Waals surface area contributed by atoms with Crippen molar-refractivity contribution < 1.29 is 9.13 Å². The van der Waals surface area contributed by atoms with E-state index < -0.39 is 6.17 Å². The summed E-state index contributed by atoms with van der Waals surface area (Å²) in [4.78, 5) is 0. The number of rotatable bonds is 1. The molecule has 0 aromatic rings. The van der Waals surface area contributed by atoms with Gasteiger partial charge in [-0.25, -0.2) is 4.39 Å². The zero-order valence-electron chi connectivity index (χ0n) is 10.0. The van der Waals surface area contributed by atoms with Gasteiger partial charge in [-0.3, -0.25) is 0 Å². The molecule has 1 aliphatic rings. The van der Waals surface area contributed by atoms with Gasteiger partial charge in [0.25, 0.3) is 0 Å². The highest BCUT2D eigenvalue weighted by molar-refractivity contribution is 4.70. The van der Waals surface area contributed by atoms with Crippen LogP contribution in [0.25, 0.3) is 0 Å². The van der Waals surface area contributed by atoms with Gasteiger partial charge in [-0.2, -0.15) is 0 Å². The van der Waals surface area contributed by atoms with E-state index in [0.29, 0.717) is 6.42 Å². The first-order chi connectivity index (χ1) is 7.34. The smallest absolute Gasteiger partial charge is 0.126 e. The molecule has 1 aliphatic carbocycles. The molecule has 0 spiro atoms. The SMILES string of the molecule is CO[C@@H]1CCCCCCCCCC[C@@H]1F. The molecule has 0 aromatic carbocycles. The Balaban J connectivity index is 2.30. The third-order valence-corrected chi connectivity index (χ3v) is 3.42. The first-order valence-corrected chi connectivity index (χ1v) is 6.51. The highest BCUT2D eigenvalue weighted by Crippen LogP contribution is 2.20. The van der Waals surface area contributed by atoms with Crippen LogP contribution in [0, 0.1) is 0 Å². The van der Waals surface area contributed by atoms with Gasteiger partial charge in [0.2, 0.25) is 0 Å². The van der Waals surface area contributed by atoms with Crippen LogP contribution in [0.1, 0.15) is 64.2 Å². The molecule has 1 saturated carbocycles. The lowest BCUT2D eigenvalue weighted by Gasteiger charge is -2.20. The van der Waals surface area contributed by atoms with Crippen molar-refractivity contribution in [3.63, 3.8) is 0 Å². The average Bonchev–Trinajstić information content (AvgIpc) is 2.23. The van der Waals surface area contributed by atoms with Gasteiger partial charge in [0, 0.05) is 7.11 Å². The first-order valence-electron chi connectivity index (χ1n) is 6.51. The van der Waals surface area contributed by atoms with E-state index >= 15 is 0 Å². The summed E-state index contributed by atoms with van der Waals surface area (Å²) >= 11 is 0. The molecule has 0 aromatic heterocycles. The Labute approximate surface area is 93.4 Å². The molecule has 1 rings (SSSR count). The van der Waals surface area contributed by atoms with Crippen molar-refractivity contribution in [2.24, 2.45) is 0 Å². The molecule has 0 aliphatic heterocycles. The van der Waals surface area contributed by atoms with Gasteiger partial charge >= 0.3 is 0 Å². The summed E-state index contributed by atoms with van der Waals surface area (Å²) in [6.07, 6.45) is 10.6. The standard InChI is InChI=1S/C13H25FO/c1-15-13-11-9-7-5-3-2-4-6-8-10-12(13)14/h12-13H,2-11H2,1H3/t12-,13+/m0/s1. The molecule has 2 atom stereocenters. The maximum absolute atomic E-state index is 13.7. The van der Waals surface area contributed by atoms with Crippen molar-refractivity contribution >= 4 is 0 Å². The summed E-state index contributed by atoms with van der Waals surface area (Å²) in [5.74, 6) is 0. The van der Waals surface area contributed by atoms with Crippen LogP contribution in [-0.2, 0) is 4.74 Å². The van der Waals surface area contributed by atoms with Gasteiger partial charge in [-0.1, -0.05) is 51.4 Å². The van der Waals surface area contributed by atoms with E-state index in [-0.39, 0.29) is 6.10 Å². The predicted molar refractivity (Wildman–Crippen MR) is 61.9 cm³/mol. The van der Waals surface area contributed by atoms with Crippen molar-refractivity contribution in [1.82, 2.24) is 0 Å². The van der Waals surface area contributed by atoms with Crippen LogP contribution in [0.4, 0.5) is 4.39 Å². The van der Waals surface area contributed by atoms with E-state index in [2.05, 4.69) is 0 Å². The molecule has 2 heteroatoms. The Hall–Kier alpha value is -0.110. The fraction of sp³-hybridized carbons (Fsp3) is 1.00. The largest absolute Gasteiger partial charge is 0.378 e. The lowest BCUT2D eigenvalue weighted by atomic mass is 9.98. The quantitative estimate of drug-likeness (QED) is 0.636. The number of ether oxygens (including phenoxy) is 1. The van der Waals surface area contributed by atoms with Crippen molar-refractivity contribution in [3.05, 3.63) is 0 Å². The summed E-state index contributed by atoms with van der Waals surface area (Å²) < 4.78 is 18.9. The molecule has 90 valence electrons. The Bertz CT molecular complexity index is 149. The molecule has 0 unspecified atom stereocenters. The second-order valence-electron chi connectivity index (χ2n) is 4.70. The fourth-order valence-electron chi connectivity index (χ4n) is 2.38. The number of alkyl halides is 1.